The first-order valence-electron chi connectivity index (χ1n) is 10.1. The zero-order valence-electron chi connectivity index (χ0n) is 17.7. The summed E-state index contributed by atoms with van der Waals surface area (Å²) < 4.78 is 30.2. The third-order valence-electron chi connectivity index (χ3n) is 4.75. The highest BCUT2D eigenvalue weighted by Gasteiger charge is 2.21. The highest BCUT2D eigenvalue weighted by atomic mass is 32.2. The Kier molecular flexibility index (Phi) is 8.04. The van der Waals surface area contributed by atoms with Crippen molar-refractivity contribution in [3.8, 4) is 17.1 Å². The third-order valence-corrected chi connectivity index (χ3v) is 5.81. The summed E-state index contributed by atoms with van der Waals surface area (Å²) in [7, 11) is 0. The molecule has 0 saturated heterocycles. The van der Waals surface area contributed by atoms with Gasteiger partial charge in [0.25, 0.3) is 0 Å². The van der Waals surface area contributed by atoms with Crippen molar-refractivity contribution in [2.24, 2.45) is 0 Å². The molecule has 0 aliphatic heterocycles. The maximum Gasteiger partial charge on any atom is 0.387 e. The van der Waals surface area contributed by atoms with Gasteiger partial charge in [0.15, 0.2) is 5.82 Å². The number of rotatable bonds is 10. The average Bonchev–Trinajstić information content (AvgIpc) is 3.13. The number of thioether (sulfide) groups is 1. The van der Waals surface area contributed by atoms with Gasteiger partial charge in [-0.1, -0.05) is 42.1 Å². The Hall–Kier alpha value is -3.14. The molecular formula is C22H25F2N5O2S. The number of carbonyl (C=O) groups excluding carboxylic acids is 1. The van der Waals surface area contributed by atoms with Gasteiger partial charge in [-0.05, 0) is 56.5 Å². The SMILES string of the molecule is CC(CCc1ccccc1)NC(=O)C(C)Sc1nnc(-c2ccc(OC(F)F)cc2)n1N. The molecule has 1 aromatic heterocycles. The first kappa shape index (κ1) is 23.5. The molecule has 1 amide bonds. The number of aryl methyl sites for hydroxylation is 1. The van der Waals surface area contributed by atoms with Gasteiger partial charge < -0.3 is 15.9 Å². The number of nitrogens with one attached hydrogen (secondary N) is 1. The number of nitrogen functional groups attached to an aromatic ring is 1. The van der Waals surface area contributed by atoms with E-state index in [0.29, 0.717) is 16.5 Å². The van der Waals surface area contributed by atoms with Gasteiger partial charge in [0.05, 0.1) is 5.25 Å². The van der Waals surface area contributed by atoms with Crippen molar-refractivity contribution >= 4 is 17.7 Å². The number of aromatic nitrogens is 3. The van der Waals surface area contributed by atoms with E-state index in [4.69, 9.17) is 5.84 Å². The van der Waals surface area contributed by atoms with E-state index in [1.807, 2.05) is 25.1 Å². The predicted molar refractivity (Wildman–Crippen MR) is 120 cm³/mol. The van der Waals surface area contributed by atoms with Gasteiger partial charge in [0.1, 0.15) is 5.75 Å². The fraction of sp³-hybridized carbons (Fsp3) is 0.318. The fourth-order valence-electron chi connectivity index (χ4n) is 3.01. The minimum Gasteiger partial charge on any atom is -0.435 e. The molecule has 0 aliphatic rings. The largest absolute Gasteiger partial charge is 0.435 e. The number of hydrogen-bond donors (Lipinski definition) is 2. The number of alkyl halides is 2. The maximum absolute atomic E-state index is 12.6. The molecule has 0 spiro atoms. The molecule has 2 atom stereocenters. The first-order valence-corrected chi connectivity index (χ1v) is 11.0. The number of hydrogen-bond acceptors (Lipinski definition) is 6. The lowest BCUT2D eigenvalue weighted by atomic mass is 10.1. The van der Waals surface area contributed by atoms with Gasteiger partial charge in [-0.2, -0.15) is 8.78 Å². The van der Waals surface area contributed by atoms with Crippen LogP contribution >= 0.6 is 11.8 Å². The van der Waals surface area contributed by atoms with Crippen molar-refractivity contribution < 1.29 is 18.3 Å². The zero-order chi connectivity index (χ0) is 23.1. The molecule has 2 unspecified atom stereocenters. The monoisotopic (exact) mass is 461 g/mol. The minimum atomic E-state index is -2.89. The molecule has 0 radical (unpaired) electrons. The normalized spacial score (nSPS) is 13.0. The van der Waals surface area contributed by atoms with Crippen molar-refractivity contribution in [3.63, 3.8) is 0 Å². The van der Waals surface area contributed by atoms with Crippen molar-refractivity contribution in [2.75, 3.05) is 5.84 Å². The van der Waals surface area contributed by atoms with Gasteiger partial charge in [-0.25, -0.2) is 4.68 Å². The highest BCUT2D eigenvalue weighted by Crippen LogP contribution is 2.26. The molecule has 1 heterocycles. The van der Waals surface area contributed by atoms with Gasteiger partial charge in [-0.3, -0.25) is 4.79 Å². The Balaban J connectivity index is 1.55. The van der Waals surface area contributed by atoms with Gasteiger partial charge in [0.2, 0.25) is 11.1 Å². The summed E-state index contributed by atoms with van der Waals surface area (Å²) in [6.07, 6.45) is 1.71. The molecule has 3 rings (SSSR count). The molecule has 7 nitrogen and oxygen atoms in total. The van der Waals surface area contributed by atoms with Crippen molar-refractivity contribution in [1.82, 2.24) is 20.2 Å². The third kappa shape index (κ3) is 6.43. The molecular weight excluding hydrogens is 436 g/mol. The van der Waals surface area contributed by atoms with Gasteiger partial charge in [0, 0.05) is 11.6 Å². The molecule has 3 aromatic rings. The maximum atomic E-state index is 12.6. The number of nitrogens with two attached hydrogens (primary N) is 1. The van der Waals surface area contributed by atoms with Crippen LogP contribution in [0, 0.1) is 0 Å². The van der Waals surface area contributed by atoms with Crippen molar-refractivity contribution in [2.45, 2.75) is 49.7 Å². The summed E-state index contributed by atoms with van der Waals surface area (Å²) in [6, 6.07) is 16.0. The lowest BCUT2D eigenvalue weighted by molar-refractivity contribution is -0.120. The van der Waals surface area contributed by atoms with Crippen LogP contribution in [-0.4, -0.2) is 38.7 Å². The highest BCUT2D eigenvalue weighted by molar-refractivity contribution is 8.00. The van der Waals surface area contributed by atoms with E-state index in [9.17, 15) is 13.6 Å². The Labute approximate surface area is 189 Å². The average molecular weight is 462 g/mol. The van der Waals surface area contributed by atoms with Crippen molar-refractivity contribution in [3.05, 3.63) is 60.2 Å². The number of carbonyl (C=O) groups is 1. The second kappa shape index (κ2) is 10.9. The standard InChI is InChI=1S/C22H25F2N5O2S/c1-14(8-9-16-6-4-3-5-7-16)26-20(30)15(2)32-22-28-27-19(29(22)25)17-10-12-18(13-11-17)31-21(23)24/h3-7,10-15,21H,8-9,25H2,1-2H3,(H,26,30). The predicted octanol–water partition coefficient (Wildman–Crippen LogP) is 3.88. The lowest BCUT2D eigenvalue weighted by Gasteiger charge is -2.17. The summed E-state index contributed by atoms with van der Waals surface area (Å²) in [5, 5.41) is 11.1. The second-order valence-corrected chi connectivity index (χ2v) is 8.58. The zero-order valence-corrected chi connectivity index (χ0v) is 18.6. The molecule has 32 heavy (non-hydrogen) atoms. The number of ether oxygens (including phenoxy) is 1. The van der Waals surface area contributed by atoms with Crippen LogP contribution in [0.4, 0.5) is 8.78 Å². The van der Waals surface area contributed by atoms with Crippen LogP contribution in [0.15, 0.2) is 59.8 Å². The number of benzene rings is 2. The van der Waals surface area contributed by atoms with Crippen LogP contribution in [0.2, 0.25) is 0 Å². The van der Waals surface area contributed by atoms with Crippen molar-refractivity contribution in [1.29, 1.82) is 0 Å². The van der Waals surface area contributed by atoms with Crippen LogP contribution in [0.1, 0.15) is 25.8 Å². The first-order chi connectivity index (χ1) is 15.3. The summed E-state index contributed by atoms with van der Waals surface area (Å²) in [6.45, 7) is 0.855. The quantitative estimate of drug-likeness (QED) is 0.352. The molecule has 0 bridgehead atoms. The van der Waals surface area contributed by atoms with E-state index in [1.54, 1.807) is 19.1 Å². The van der Waals surface area contributed by atoms with E-state index in [0.717, 1.165) is 12.8 Å². The van der Waals surface area contributed by atoms with Crippen LogP contribution < -0.4 is 15.9 Å². The van der Waals surface area contributed by atoms with E-state index in [1.165, 1.54) is 34.1 Å². The van der Waals surface area contributed by atoms with Gasteiger partial charge in [-0.15, -0.1) is 10.2 Å². The molecule has 3 N–H and O–H groups in total. The summed E-state index contributed by atoms with van der Waals surface area (Å²) in [4.78, 5) is 12.6. The number of halogens is 2. The van der Waals surface area contributed by atoms with Crippen LogP contribution in [0.5, 0.6) is 5.75 Å². The Bertz CT molecular complexity index is 1010. The molecule has 2 aromatic carbocycles. The second-order valence-electron chi connectivity index (χ2n) is 7.27. The minimum absolute atomic E-state index is 0.0195. The fourth-order valence-corrected chi connectivity index (χ4v) is 3.79. The summed E-state index contributed by atoms with van der Waals surface area (Å²) >= 11 is 1.19. The topological polar surface area (TPSA) is 95.1 Å². The van der Waals surface area contributed by atoms with Crippen LogP contribution in [0.25, 0.3) is 11.4 Å². The summed E-state index contributed by atoms with van der Waals surface area (Å²) in [5.74, 6) is 6.37. The number of nitrogens with zero attached hydrogens (tertiary/aromatic N) is 3. The van der Waals surface area contributed by atoms with E-state index in [-0.39, 0.29) is 17.7 Å². The van der Waals surface area contributed by atoms with E-state index < -0.39 is 11.9 Å². The van der Waals surface area contributed by atoms with Crippen LogP contribution in [0.3, 0.4) is 0 Å². The molecule has 0 aliphatic carbocycles. The number of amides is 1. The lowest BCUT2D eigenvalue weighted by Crippen LogP contribution is -2.38. The van der Waals surface area contributed by atoms with Crippen LogP contribution in [-0.2, 0) is 11.2 Å². The molecule has 170 valence electrons. The van der Waals surface area contributed by atoms with E-state index >= 15 is 0 Å². The summed E-state index contributed by atoms with van der Waals surface area (Å²) in [5.41, 5.74) is 1.81. The molecule has 0 saturated carbocycles. The molecule has 0 fully saturated rings. The smallest absolute Gasteiger partial charge is 0.387 e. The Morgan fingerprint density at radius 2 is 1.81 bits per heavy atom. The Morgan fingerprint density at radius 3 is 2.47 bits per heavy atom. The van der Waals surface area contributed by atoms with E-state index in [2.05, 4.69) is 32.4 Å². The van der Waals surface area contributed by atoms with Gasteiger partial charge >= 0.3 is 6.61 Å². The Morgan fingerprint density at radius 1 is 1.12 bits per heavy atom. The molecule has 10 heteroatoms.